The van der Waals surface area contributed by atoms with Gasteiger partial charge in [0.1, 0.15) is 5.82 Å². The molecule has 1 aliphatic rings. The first kappa shape index (κ1) is 21.1. The SMILES string of the molecule is CC(C)(C)c1cc(NC(=O)NCc2ccc(Cl)cc2)n(-c2nc3c(c(=O)[nH]2)CCC3)n1. The van der Waals surface area contributed by atoms with Crippen molar-refractivity contribution in [1.29, 1.82) is 0 Å². The molecule has 4 rings (SSSR count). The van der Waals surface area contributed by atoms with Gasteiger partial charge in [-0.3, -0.25) is 15.1 Å². The molecule has 3 aromatic rings. The number of carbonyl (C=O) groups is 1. The maximum Gasteiger partial charge on any atom is 0.320 e. The molecule has 2 amide bonds. The minimum absolute atomic E-state index is 0.150. The summed E-state index contributed by atoms with van der Waals surface area (Å²) in [6.07, 6.45) is 2.42. The third-order valence-electron chi connectivity index (χ3n) is 5.22. The monoisotopic (exact) mass is 440 g/mol. The summed E-state index contributed by atoms with van der Waals surface area (Å²) in [5.41, 5.74) is 2.82. The van der Waals surface area contributed by atoms with Gasteiger partial charge < -0.3 is 5.32 Å². The van der Waals surface area contributed by atoms with E-state index in [4.69, 9.17) is 11.6 Å². The van der Waals surface area contributed by atoms with Crippen LogP contribution >= 0.6 is 11.6 Å². The quantitative estimate of drug-likeness (QED) is 0.575. The summed E-state index contributed by atoms with van der Waals surface area (Å²) in [6.45, 7) is 6.44. The Labute approximate surface area is 185 Å². The van der Waals surface area contributed by atoms with Crippen molar-refractivity contribution in [2.24, 2.45) is 0 Å². The van der Waals surface area contributed by atoms with Gasteiger partial charge in [0.2, 0.25) is 5.95 Å². The Balaban J connectivity index is 1.60. The maximum atomic E-state index is 12.6. The highest BCUT2D eigenvalue weighted by atomic mass is 35.5. The molecule has 1 aliphatic carbocycles. The number of hydrogen-bond donors (Lipinski definition) is 3. The molecule has 0 unspecified atom stereocenters. The van der Waals surface area contributed by atoms with Crippen molar-refractivity contribution < 1.29 is 4.79 Å². The van der Waals surface area contributed by atoms with Gasteiger partial charge in [-0.25, -0.2) is 9.78 Å². The maximum absolute atomic E-state index is 12.6. The molecule has 8 nitrogen and oxygen atoms in total. The third kappa shape index (κ3) is 4.64. The summed E-state index contributed by atoms with van der Waals surface area (Å²) in [7, 11) is 0. The number of urea groups is 1. The molecule has 2 aromatic heterocycles. The van der Waals surface area contributed by atoms with Gasteiger partial charge in [-0.1, -0.05) is 44.5 Å². The van der Waals surface area contributed by atoms with Crippen LogP contribution < -0.4 is 16.2 Å². The van der Waals surface area contributed by atoms with Crippen LogP contribution in [-0.4, -0.2) is 25.8 Å². The van der Waals surface area contributed by atoms with E-state index in [0.717, 1.165) is 41.8 Å². The van der Waals surface area contributed by atoms with Crippen LogP contribution in [0.2, 0.25) is 5.02 Å². The molecule has 0 spiro atoms. The number of nitrogens with one attached hydrogen (secondary N) is 3. The van der Waals surface area contributed by atoms with Crippen molar-refractivity contribution >= 4 is 23.4 Å². The van der Waals surface area contributed by atoms with Crippen LogP contribution in [0.4, 0.5) is 10.6 Å². The summed E-state index contributed by atoms with van der Waals surface area (Å²) in [5.74, 6) is 0.730. The second-order valence-electron chi connectivity index (χ2n) is 8.68. The third-order valence-corrected chi connectivity index (χ3v) is 5.47. The van der Waals surface area contributed by atoms with Gasteiger partial charge >= 0.3 is 6.03 Å². The zero-order valence-electron chi connectivity index (χ0n) is 17.8. The highest BCUT2D eigenvalue weighted by Gasteiger charge is 2.24. The van der Waals surface area contributed by atoms with E-state index in [1.807, 2.05) is 32.9 Å². The van der Waals surface area contributed by atoms with E-state index in [-0.39, 0.29) is 17.0 Å². The Kier molecular flexibility index (Phi) is 5.58. The summed E-state index contributed by atoms with van der Waals surface area (Å²) in [6, 6.07) is 8.66. The van der Waals surface area contributed by atoms with E-state index >= 15 is 0 Å². The standard InChI is InChI=1S/C22H25ClN6O2/c1-22(2,3)17-11-18(26-21(31)24-12-13-7-9-14(23)10-8-13)29(28-17)20-25-16-6-4-5-15(16)19(30)27-20/h7-11H,4-6,12H2,1-3H3,(H2,24,26,31)(H,25,27,30). The van der Waals surface area contributed by atoms with Gasteiger partial charge in [0.05, 0.1) is 11.4 Å². The Morgan fingerprint density at radius 2 is 1.97 bits per heavy atom. The van der Waals surface area contributed by atoms with Crippen LogP contribution in [0.1, 0.15) is 49.7 Å². The van der Waals surface area contributed by atoms with Crippen LogP contribution in [0.5, 0.6) is 0 Å². The zero-order chi connectivity index (χ0) is 22.2. The Hall–Kier alpha value is -3.13. The number of amides is 2. The van der Waals surface area contributed by atoms with Gasteiger partial charge in [-0.15, -0.1) is 0 Å². The highest BCUT2D eigenvalue weighted by molar-refractivity contribution is 6.30. The van der Waals surface area contributed by atoms with E-state index < -0.39 is 0 Å². The molecule has 0 fully saturated rings. The van der Waals surface area contributed by atoms with Gasteiger partial charge in [0.25, 0.3) is 5.56 Å². The number of aromatic amines is 1. The number of rotatable bonds is 4. The number of hydrogen-bond acceptors (Lipinski definition) is 4. The van der Waals surface area contributed by atoms with Crippen LogP contribution in [-0.2, 0) is 24.8 Å². The van der Waals surface area contributed by atoms with Crippen LogP contribution in [0.3, 0.4) is 0 Å². The lowest BCUT2D eigenvalue weighted by Gasteiger charge is -2.14. The molecule has 31 heavy (non-hydrogen) atoms. The van der Waals surface area contributed by atoms with Crippen molar-refractivity contribution in [3.05, 3.63) is 68.2 Å². The summed E-state index contributed by atoms with van der Waals surface area (Å²) < 4.78 is 1.49. The molecule has 1 aromatic carbocycles. The smallest absolute Gasteiger partial charge is 0.320 e. The highest BCUT2D eigenvalue weighted by Crippen LogP contribution is 2.26. The van der Waals surface area contributed by atoms with E-state index in [0.29, 0.717) is 23.3 Å². The molecule has 0 aliphatic heterocycles. The molecular formula is C22H25ClN6O2. The molecule has 0 bridgehead atoms. The number of halogens is 1. The van der Waals surface area contributed by atoms with Crippen molar-refractivity contribution in [3.63, 3.8) is 0 Å². The van der Waals surface area contributed by atoms with E-state index in [9.17, 15) is 9.59 Å². The molecule has 0 atom stereocenters. The van der Waals surface area contributed by atoms with Crippen molar-refractivity contribution in [2.75, 3.05) is 5.32 Å². The van der Waals surface area contributed by atoms with E-state index in [1.165, 1.54) is 4.68 Å². The molecule has 2 heterocycles. The van der Waals surface area contributed by atoms with Crippen molar-refractivity contribution in [2.45, 2.75) is 52.0 Å². The second-order valence-corrected chi connectivity index (χ2v) is 9.12. The van der Waals surface area contributed by atoms with E-state index in [2.05, 4.69) is 25.7 Å². The molecule has 0 radical (unpaired) electrons. The predicted octanol–water partition coefficient (Wildman–Crippen LogP) is 3.72. The lowest BCUT2D eigenvalue weighted by Crippen LogP contribution is -2.29. The topological polar surface area (TPSA) is 105 Å². The fourth-order valence-corrected chi connectivity index (χ4v) is 3.60. The summed E-state index contributed by atoms with van der Waals surface area (Å²) in [5, 5.41) is 10.9. The number of nitrogens with zero attached hydrogens (tertiary/aromatic N) is 3. The van der Waals surface area contributed by atoms with Crippen LogP contribution in [0, 0.1) is 0 Å². The normalized spacial score (nSPS) is 13.2. The number of aryl methyl sites for hydroxylation is 1. The molecule has 162 valence electrons. The van der Waals surface area contributed by atoms with Gasteiger partial charge in [0, 0.05) is 28.6 Å². The minimum atomic E-state index is -0.389. The lowest BCUT2D eigenvalue weighted by atomic mass is 9.92. The number of benzene rings is 1. The van der Waals surface area contributed by atoms with Crippen molar-refractivity contribution in [1.82, 2.24) is 25.1 Å². The van der Waals surface area contributed by atoms with E-state index in [1.54, 1.807) is 18.2 Å². The second kappa shape index (κ2) is 8.19. The average molecular weight is 441 g/mol. The van der Waals surface area contributed by atoms with Crippen LogP contribution in [0.25, 0.3) is 5.95 Å². The molecule has 0 saturated carbocycles. The Morgan fingerprint density at radius 3 is 2.68 bits per heavy atom. The number of fused-ring (bicyclic) bond motifs is 1. The zero-order valence-corrected chi connectivity index (χ0v) is 18.5. The van der Waals surface area contributed by atoms with Crippen molar-refractivity contribution in [3.8, 4) is 5.95 Å². The number of aromatic nitrogens is 4. The Bertz CT molecular complexity index is 1170. The fourth-order valence-electron chi connectivity index (χ4n) is 3.47. The molecule has 9 heteroatoms. The minimum Gasteiger partial charge on any atom is -0.334 e. The van der Waals surface area contributed by atoms with Gasteiger partial charge in [-0.05, 0) is 37.0 Å². The number of H-pyrrole nitrogens is 1. The predicted molar refractivity (Wildman–Crippen MR) is 120 cm³/mol. The molecule has 0 saturated heterocycles. The fraction of sp³-hybridized carbons (Fsp3) is 0.364. The Morgan fingerprint density at radius 1 is 1.23 bits per heavy atom. The number of anilines is 1. The van der Waals surface area contributed by atoms with Crippen LogP contribution in [0.15, 0.2) is 35.1 Å². The van der Waals surface area contributed by atoms with Gasteiger partial charge in [-0.2, -0.15) is 9.78 Å². The average Bonchev–Trinajstić information content (AvgIpc) is 3.34. The van der Waals surface area contributed by atoms with Gasteiger partial charge in [0.15, 0.2) is 0 Å². The number of carbonyl (C=O) groups excluding carboxylic acids is 1. The molecule has 3 N–H and O–H groups in total. The first-order valence-electron chi connectivity index (χ1n) is 10.2. The largest absolute Gasteiger partial charge is 0.334 e. The first-order chi connectivity index (χ1) is 14.7. The summed E-state index contributed by atoms with van der Waals surface area (Å²) in [4.78, 5) is 32.5. The molecular weight excluding hydrogens is 416 g/mol. The summed E-state index contributed by atoms with van der Waals surface area (Å²) >= 11 is 5.90. The lowest BCUT2D eigenvalue weighted by molar-refractivity contribution is 0.251. The first-order valence-corrected chi connectivity index (χ1v) is 10.6.